The summed E-state index contributed by atoms with van der Waals surface area (Å²) in [4.78, 5) is 22.6. The highest BCUT2D eigenvalue weighted by atomic mass is 16.4. The number of carboxylic acids is 1. The number of amides is 1. The molecule has 0 bridgehead atoms. The SMILES string of the molecule is C=CCC(C)NC(=O)C1CCC(C(=O)O)CC1. The Morgan fingerprint density at radius 1 is 1.35 bits per heavy atom. The van der Waals surface area contributed by atoms with Crippen molar-refractivity contribution in [1.82, 2.24) is 5.32 Å². The summed E-state index contributed by atoms with van der Waals surface area (Å²) in [6, 6.07) is 0.109. The van der Waals surface area contributed by atoms with Gasteiger partial charge >= 0.3 is 5.97 Å². The lowest BCUT2D eigenvalue weighted by atomic mass is 9.81. The third-order valence-corrected chi connectivity index (χ3v) is 3.36. The van der Waals surface area contributed by atoms with Crippen molar-refractivity contribution in [3.8, 4) is 0 Å². The number of carbonyl (C=O) groups is 2. The van der Waals surface area contributed by atoms with Crippen LogP contribution in [-0.2, 0) is 9.59 Å². The zero-order chi connectivity index (χ0) is 12.8. The first-order valence-corrected chi connectivity index (χ1v) is 6.18. The van der Waals surface area contributed by atoms with E-state index in [4.69, 9.17) is 5.11 Å². The van der Waals surface area contributed by atoms with Crippen molar-refractivity contribution in [3.63, 3.8) is 0 Å². The summed E-state index contributed by atoms with van der Waals surface area (Å²) in [6.07, 6.45) is 5.14. The Morgan fingerprint density at radius 2 is 1.88 bits per heavy atom. The molecule has 1 amide bonds. The van der Waals surface area contributed by atoms with Gasteiger partial charge in [-0.3, -0.25) is 9.59 Å². The second-order valence-corrected chi connectivity index (χ2v) is 4.82. The summed E-state index contributed by atoms with van der Waals surface area (Å²) < 4.78 is 0. The predicted octanol–water partition coefficient (Wildman–Crippen LogP) is 1.96. The lowest BCUT2D eigenvalue weighted by Crippen LogP contribution is -2.39. The van der Waals surface area contributed by atoms with Gasteiger partial charge in [-0.15, -0.1) is 6.58 Å². The number of hydrogen-bond donors (Lipinski definition) is 2. The minimum absolute atomic E-state index is 0.0159. The van der Waals surface area contributed by atoms with Gasteiger partial charge in [-0.1, -0.05) is 6.08 Å². The van der Waals surface area contributed by atoms with Crippen LogP contribution in [0.1, 0.15) is 39.0 Å². The van der Waals surface area contributed by atoms with Gasteiger partial charge in [0.15, 0.2) is 0 Å². The zero-order valence-electron chi connectivity index (χ0n) is 10.3. The molecule has 0 heterocycles. The van der Waals surface area contributed by atoms with Crippen LogP contribution in [-0.4, -0.2) is 23.0 Å². The van der Waals surface area contributed by atoms with Gasteiger partial charge in [0.1, 0.15) is 0 Å². The van der Waals surface area contributed by atoms with Crippen LogP contribution in [0.2, 0.25) is 0 Å². The summed E-state index contributed by atoms with van der Waals surface area (Å²) in [7, 11) is 0. The molecule has 4 nitrogen and oxygen atoms in total. The maximum absolute atomic E-state index is 11.9. The van der Waals surface area contributed by atoms with Gasteiger partial charge in [0, 0.05) is 12.0 Å². The Bertz CT molecular complexity index is 293. The number of carbonyl (C=O) groups excluding carboxylic acids is 1. The Labute approximate surface area is 102 Å². The molecule has 1 fully saturated rings. The van der Waals surface area contributed by atoms with Crippen molar-refractivity contribution >= 4 is 11.9 Å². The molecule has 0 spiro atoms. The smallest absolute Gasteiger partial charge is 0.306 e. The fourth-order valence-corrected chi connectivity index (χ4v) is 2.27. The van der Waals surface area contributed by atoms with E-state index in [1.165, 1.54) is 0 Å². The Balaban J connectivity index is 2.35. The van der Waals surface area contributed by atoms with Crippen LogP contribution in [0.15, 0.2) is 12.7 Å². The van der Waals surface area contributed by atoms with E-state index in [1.807, 2.05) is 6.92 Å². The van der Waals surface area contributed by atoms with Crippen LogP contribution in [0.25, 0.3) is 0 Å². The van der Waals surface area contributed by atoms with E-state index in [9.17, 15) is 9.59 Å². The summed E-state index contributed by atoms with van der Waals surface area (Å²) in [5.74, 6) is -0.949. The van der Waals surface area contributed by atoms with Crippen molar-refractivity contribution < 1.29 is 14.7 Å². The first kappa shape index (κ1) is 13.7. The van der Waals surface area contributed by atoms with Crippen molar-refractivity contribution in [2.75, 3.05) is 0 Å². The van der Waals surface area contributed by atoms with E-state index in [0.717, 1.165) is 6.42 Å². The van der Waals surface area contributed by atoms with Gasteiger partial charge in [0.05, 0.1) is 5.92 Å². The molecule has 4 heteroatoms. The van der Waals surface area contributed by atoms with Gasteiger partial charge in [-0.25, -0.2) is 0 Å². The Hall–Kier alpha value is -1.32. The van der Waals surface area contributed by atoms with Crippen LogP contribution in [0.4, 0.5) is 0 Å². The first-order valence-electron chi connectivity index (χ1n) is 6.18. The van der Waals surface area contributed by atoms with Crippen molar-refractivity contribution in [3.05, 3.63) is 12.7 Å². The molecule has 0 aromatic heterocycles. The summed E-state index contributed by atoms with van der Waals surface area (Å²) >= 11 is 0. The molecular weight excluding hydrogens is 218 g/mol. The number of nitrogens with one attached hydrogen (secondary N) is 1. The van der Waals surface area contributed by atoms with Crippen LogP contribution >= 0.6 is 0 Å². The molecule has 0 aliphatic heterocycles. The minimum Gasteiger partial charge on any atom is -0.481 e. The van der Waals surface area contributed by atoms with E-state index in [-0.39, 0.29) is 23.8 Å². The molecule has 0 aromatic carbocycles. The van der Waals surface area contributed by atoms with Gasteiger partial charge in [-0.05, 0) is 39.0 Å². The Morgan fingerprint density at radius 3 is 2.35 bits per heavy atom. The van der Waals surface area contributed by atoms with Gasteiger partial charge in [0.25, 0.3) is 0 Å². The molecule has 1 saturated carbocycles. The van der Waals surface area contributed by atoms with Crippen molar-refractivity contribution in [2.45, 2.75) is 45.1 Å². The maximum atomic E-state index is 11.9. The maximum Gasteiger partial charge on any atom is 0.306 e. The molecule has 1 aliphatic carbocycles. The Kier molecular flexibility index (Phi) is 5.19. The third-order valence-electron chi connectivity index (χ3n) is 3.36. The standard InChI is InChI=1S/C13H21NO3/c1-3-4-9(2)14-12(15)10-5-7-11(8-6-10)13(16)17/h3,9-11H,1,4-8H2,2H3,(H,14,15)(H,16,17). The molecule has 1 rings (SSSR count). The molecule has 1 unspecified atom stereocenters. The van der Waals surface area contributed by atoms with E-state index in [0.29, 0.717) is 25.7 Å². The quantitative estimate of drug-likeness (QED) is 0.721. The average Bonchev–Trinajstić information content (AvgIpc) is 2.29. The fourth-order valence-electron chi connectivity index (χ4n) is 2.27. The summed E-state index contributed by atoms with van der Waals surface area (Å²) in [5, 5.41) is 11.8. The molecular formula is C13H21NO3. The normalized spacial score (nSPS) is 25.9. The van der Waals surface area contributed by atoms with E-state index < -0.39 is 5.97 Å². The van der Waals surface area contributed by atoms with Crippen molar-refractivity contribution in [1.29, 1.82) is 0 Å². The zero-order valence-corrected chi connectivity index (χ0v) is 10.3. The highest BCUT2D eigenvalue weighted by Gasteiger charge is 2.29. The van der Waals surface area contributed by atoms with Crippen LogP contribution in [0.5, 0.6) is 0 Å². The summed E-state index contributed by atoms with van der Waals surface area (Å²) in [6.45, 7) is 5.58. The number of rotatable bonds is 5. The highest BCUT2D eigenvalue weighted by molar-refractivity contribution is 5.79. The van der Waals surface area contributed by atoms with E-state index in [2.05, 4.69) is 11.9 Å². The van der Waals surface area contributed by atoms with Crippen LogP contribution in [0.3, 0.4) is 0 Å². The monoisotopic (exact) mass is 239 g/mol. The van der Waals surface area contributed by atoms with Crippen LogP contribution < -0.4 is 5.32 Å². The molecule has 0 radical (unpaired) electrons. The molecule has 1 atom stereocenters. The average molecular weight is 239 g/mol. The number of hydrogen-bond acceptors (Lipinski definition) is 2. The summed E-state index contributed by atoms with van der Waals surface area (Å²) in [5.41, 5.74) is 0. The largest absolute Gasteiger partial charge is 0.481 e. The first-order chi connectivity index (χ1) is 8.04. The predicted molar refractivity (Wildman–Crippen MR) is 65.5 cm³/mol. The minimum atomic E-state index is -0.733. The number of carboxylic acid groups (broad SMARTS) is 1. The molecule has 0 aromatic rings. The van der Waals surface area contributed by atoms with Gasteiger partial charge in [-0.2, -0.15) is 0 Å². The molecule has 96 valence electrons. The van der Waals surface area contributed by atoms with E-state index in [1.54, 1.807) is 6.08 Å². The third kappa shape index (κ3) is 4.21. The number of aliphatic carboxylic acids is 1. The second kappa shape index (κ2) is 6.42. The highest BCUT2D eigenvalue weighted by Crippen LogP contribution is 2.29. The molecule has 1 aliphatic rings. The second-order valence-electron chi connectivity index (χ2n) is 4.82. The topological polar surface area (TPSA) is 66.4 Å². The van der Waals surface area contributed by atoms with Gasteiger partial charge in [0.2, 0.25) is 5.91 Å². The lowest BCUT2D eigenvalue weighted by molar-refractivity contribution is -0.144. The van der Waals surface area contributed by atoms with Crippen molar-refractivity contribution in [2.24, 2.45) is 11.8 Å². The van der Waals surface area contributed by atoms with E-state index >= 15 is 0 Å². The molecule has 17 heavy (non-hydrogen) atoms. The molecule has 2 N–H and O–H groups in total. The van der Waals surface area contributed by atoms with Gasteiger partial charge < -0.3 is 10.4 Å². The fraction of sp³-hybridized carbons (Fsp3) is 0.692. The molecule has 0 saturated heterocycles. The van der Waals surface area contributed by atoms with Crippen LogP contribution in [0, 0.1) is 11.8 Å². The lowest BCUT2D eigenvalue weighted by Gasteiger charge is -2.26.